The van der Waals surface area contributed by atoms with E-state index in [2.05, 4.69) is 30.9 Å². The third-order valence-corrected chi connectivity index (χ3v) is 5.29. The van der Waals surface area contributed by atoms with Gasteiger partial charge in [-0.05, 0) is 23.8 Å². The van der Waals surface area contributed by atoms with Crippen molar-refractivity contribution < 1.29 is 4.79 Å². The number of para-hydroxylation sites is 1. The van der Waals surface area contributed by atoms with Crippen LogP contribution in [0.25, 0.3) is 22.1 Å². The average molecular weight is 372 g/mol. The highest BCUT2D eigenvalue weighted by molar-refractivity contribution is 5.89. The minimum Gasteiger partial charge on any atom is -0.361 e. The molecule has 0 spiro atoms. The molecule has 3 aromatic heterocycles. The number of anilines is 1. The third kappa shape index (κ3) is 3.05. The number of aromatic nitrogens is 4. The Morgan fingerprint density at radius 2 is 1.82 bits per heavy atom. The lowest BCUT2D eigenvalue weighted by molar-refractivity contribution is -0.130. The van der Waals surface area contributed by atoms with E-state index in [-0.39, 0.29) is 5.91 Å². The predicted molar refractivity (Wildman–Crippen MR) is 108 cm³/mol. The van der Waals surface area contributed by atoms with Crippen molar-refractivity contribution in [1.82, 2.24) is 24.8 Å². The number of hydrogen-bond acceptors (Lipinski definition) is 5. The van der Waals surface area contributed by atoms with Crippen LogP contribution >= 0.6 is 0 Å². The van der Waals surface area contributed by atoms with Gasteiger partial charge >= 0.3 is 0 Å². The van der Waals surface area contributed by atoms with E-state index in [1.54, 1.807) is 12.4 Å². The van der Waals surface area contributed by atoms with E-state index in [1.807, 2.05) is 41.4 Å². The normalized spacial score (nSPS) is 14.7. The fourth-order valence-corrected chi connectivity index (χ4v) is 3.76. The number of aromatic amines is 1. The zero-order valence-corrected chi connectivity index (χ0v) is 15.4. The number of pyridine rings is 1. The molecule has 5 rings (SSSR count). The molecule has 7 heteroatoms. The largest absolute Gasteiger partial charge is 0.361 e. The second-order valence-electron chi connectivity index (χ2n) is 6.97. The quantitative estimate of drug-likeness (QED) is 0.597. The van der Waals surface area contributed by atoms with Gasteiger partial charge in [-0.25, -0.2) is 9.97 Å². The molecule has 28 heavy (non-hydrogen) atoms. The Balaban J connectivity index is 1.25. The summed E-state index contributed by atoms with van der Waals surface area (Å²) in [5, 5.41) is 1.12. The first kappa shape index (κ1) is 16.7. The summed E-state index contributed by atoms with van der Waals surface area (Å²) in [5.74, 6) is 1.05. The molecule has 1 saturated heterocycles. The van der Waals surface area contributed by atoms with Crippen LogP contribution < -0.4 is 4.90 Å². The zero-order valence-electron chi connectivity index (χ0n) is 15.4. The van der Waals surface area contributed by atoms with Crippen LogP contribution in [0.5, 0.6) is 0 Å². The van der Waals surface area contributed by atoms with Gasteiger partial charge in [0.1, 0.15) is 11.3 Å². The van der Waals surface area contributed by atoms with Gasteiger partial charge in [-0.3, -0.25) is 9.78 Å². The minimum atomic E-state index is 0.168. The number of nitrogens with zero attached hydrogens (tertiary/aromatic N) is 5. The number of carbonyl (C=O) groups excluding carboxylic acids is 1. The lowest BCUT2D eigenvalue weighted by atomic mass is 10.1. The second kappa shape index (κ2) is 6.92. The van der Waals surface area contributed by atoms with Crippen molar-refractivity contribution in [2.45, 2.75) is 6.42 Å². The van der Waals surface area contributed by atoms with Crippen molar-refractivity contribution in [2.75, 3.05) is 31.1 Å². The molecule has 1 aromatic carbocycles. The summed E-state index contributed by atoms with van der Waals surface area (Å²) in [7, 11) is 0. The maximum absolute atomic E-state index is 12.8. The van der Waals surface area contributed by atoms with Crippen molar-refractivity contribution in [3.63, 3.8) is 0 Å². The smallest absolute Gasteiger partial charge is 0.227 e. The number of hydrogen-bond donors (Lipinski definition) is 1. The molecule has 4 aromatic rings. The van der Waals surface area contributed by atoms with Crippen LogP contribution in [0, 0.1) is 0 Å². The molecule has 1 N–H and O–H groups in total. The first-order valence-corrected chi connectivity index (χ1v) is 9.43. The van der Waals surface area contributed by atoms with E-state index in [0.717, 1.165) is 40.9 Å². The predicted octanol–water partition coefficient (Wildman–Crippen LogP) is 2.40. The number of rotatable bonds is 3. The molecule has 0 unspecified atom stereocenters. The third-order valence-electron chi connectivity index (χ3n) is 5.29. The molecule has 0 bridgehead atoms. The van der Waals surface area contributed by atoms with E-state index in [9.17, 15) is 4.79 Å². The molecular formula is C21H20N6O. The zero-order chi connectivity index (χ0) is 18.9. The molecule has 0 radical (unpaired) electrons. The summed E-state index contributed by atoms with van der Waals surface area (Å²) in [4.78, 5) is 33.3. The van der Waals surface area contributed by atoms with Gasteiger partial charge in [0.2, 0.25) is 5.91 Å². The van der Waals surface area contributed by atoms with E-state index in [0.29, 0.717) is 25.2 Å². The summed E-state index contributed by atoms with van der Waals surface area (Å²) >= 11 is 0. The van der Waals surface area contributed by atoms with Gasteiger partial charge in [0.05, 0.1) is 6.42 Å². The molecule has 4 heterocycles. The highest BCUT2D eigenvalue weighted by Gasteiger charge is 2.23. The number of carbonyl (C=O) groups is 1. The van der Waals surface area contributed by atoms with Gasteiger partial charge in [0.25, 0.3) is 0 Å². The molecule has 1 aliphatic heterocycles. The summed E-state index contributed by atoms with van der Waals surface area (Å²) < 4.78 is 0. The van der Waals surface area contributed by atoms with Crippen molar-refractivity contribution in [3.05, 3.63) is 60.6 Å². The maximum Gasteiger partial charge on any atom is 0.227 e. The van der Waals surface area contributed by atoms with Gasteiger partial charge in [-0.15, -0.1) is 0 Å². The Morgan fingerprint density at radius 1 is 1.00 bits per heavy atom. The lowest BCUT2D eigenvalue weighted by Gasteiger charge is -2.35. The van der Waals surface area contributed by atoms with Crippen LogP contribution in [0.3, 0.4) is 0 Å². The van der Waals surface area contributed by atoms with Gasteiger partial charge in [0, 0.05) is 55.7 Å². The summed E-state index contributed by atoms with van der Waals surface area (Å²) in [6.45, 7) is 2.92. The van der Waals surface area contributed by atoms with Crippen LogP contribution in [0.15, 0.2) is 55.0 Å². The summed E-state index contributed by atoms with van der Waals surface area (Å²) in [5.41, 5.74) is 3.56. The van der Waals surface area contributed by atoms with E-state index >= 15 is 0 Å². The highest BCUT2D eigenvalue weighted by atomic mass is 16.2. The molecule has 0 aliphatic carbocycles. The Bertz CT molecular complexity index is 1150. The van der Waals surface area contributed by atoms with E-state index in [1.165, 1.54) is 0 Å². The molecule has 1 aliphatic rings. The van der Waals surface area contributed by atoms with Crippen LogP contribution in [-0.2, 0) is 11.2 Å². The van der Waals surface area contributed by atoms with Crippen molar-refractivity contribution in [1.29, 1.82) is 0 Å². The highest BCUT2D eigenvalue weighted by Crippen LogP contribution is 2.20. The van der Waals surface area contributed by atoms with Crippen molar-refractivity contribution in [2.24, 2.45) is 0 Å². The van der Waals surface area contributed by atoms with Gasteiger partial charge in [-0.2, -0.15) is 0 Å². The summed E-state index contributed by atoms with van der Waals surface area (Å²) in [6.07, 6.45) is 5.69. The number of H-pyrrole nitrogens is 1. The molecule has 7 nitrogen and oxygen atoms in total. The topological polar surface area (TPSA) is 78.0 Å². The van der Waals surface area contributed by atoms with Gasteiger partial charge < -0.3 is 14.8 Å². The molecule has 1 amide bonds. The fraction of sp³-hybridized carbons (Fsp3) is 0.238. The molecule has 140 valence electrons. The number of piperazine rings is 1. The minimum absolute atomic E-state index is 0.168. The molecule has 0 saturated carbocycles. The Hall–Kier alpha value is -3.48. The SMILES string of the molecule is O=C(Cc1c[nH]c2ccccc12)N1CCN(c2ccc3nccnc3n2)CC1. The maximum atomic E-state index is 12.8. The van der Waals surface area contributed by atoms with Gasteiger partial charge in [-0.1, -0.05) is 18.2 Å². The van der Waals surface area contributed by atoms with Crippen LogP contribution in [0.4, 0.5) is 5.82 Å². The van der Waals surface area contributed by atoms with Crippen LogP contribution in [-0.4, -0.2) is 56.9 Å². The van der Waals surface area contributed by atoms with E-state index < -0.39 is 0 Å². The van der Waals surface area contributed by atoms with E-state index in [4.69, 9.17) is 0 Å². The number of amides is 1. The standard InChI is InChI=1S/C21H20N6O/c28-20(13-15-14-24-17-4-2-1-3-16(15)17)27-11-9-26(10-12-27)19-6-5-18-21(25-19)23-8-7-22-18/h1-8,14,24H,9-13H2. The van der Waals surface area contributed by atoms with Crippen LogP contribution in [0.1, 0.15) is 5.56 Å². The monoisotopic (exact) mass is 372 g/mol. The lowest BCUT2D eigenvalue weighted by Crippen LogP contribution is -2.49. The number of fused-ring (bicyclic) bond motifs is 2. The summed E-state index contributed by atoms with van der Waals surface area (Å²) in [6, 6.07) is 12.0. The molecular weight excluding hydrogens is 352 g/mol. The Labute approximate surface area is 162 Å². The molecule has 1 fully saturated rings. The van der Waals surface area contributed by atoms with Crippen LogP contribution in [0.2, 0.25) is 0 Å². The first-order chi connectivity index (χ1) is 13.8. The Kier molecular flexibility index (Phi) is 4.12. The average Bonchev–Trinajstić information content (AvgIpc) is 3.16. The number of nitrogens with one attached hydrogen (secondary N) is 1. The first-order valence-electron chi connectivity index (χ1n) is 9.43. The Morgan fingerprint density at radius 3 is 2.71 bits per heavy atom. The second-order valence-corrected chi connectivity index (χ2v) is 6.97. The van der Waals surface area contributed by atoms with Gasteiger partial charge in [0.15, 0.2) is 5.65 Å². The van der Waals surface area contributed by atoms with Crippen molar-refractivity contribution >= 4 is 33.8 Å². The number of benzene rings is 1. The fourth-order valence-electron chi connectivity index (χ4n) is 3.76. The van der Waals surface area contributed by atoms with Crippen molar-refractivity contribution in [3.8, 4) is 0 Å². The molecule has 0 atom stereocenters.